The van der Waals surface area contributed by atoms with Gasteiger partial charge in [0.25, 0.3) is 0 Å². The van der Waals surface area contributed by atoms with E-state index < -0.39 is 0 Å². The zero-order valence-corrected chi connectivity index (χ0v) is 11.6. The summed E-state index contributed by atoms with van der Waals surface area (Å²) in [5.74, 6) is 0.339. The van der Waals surface area contributed by atoms with Gasteiger partial charge in [0.2, 0.25) is 0 Å². The molecule has 21 heavy (non-hydrogen) atoms. The summed E-state index contributed by atoms with van der Waals surface area (Å²) < 4.78 is 0. The lowest BCUT2D eigenvalue weighted by Gasteiger charge is -1.88. The normalized spacial score (nSPS) is 8.57. The van der Waals surface area contributed by atoms with Crippen LogP contribution < -0.4 is 5.73 Å². The Kier molecular flexibility index (Phi) is 7.61. The van der Waals surface area contributed by atoms with Gasteiger partial charge in [0, 0.05) is 5.69 Å². The minimum absolute atomic E-state index is 0.169. The summed E-state index contributed by atoms with van der Waals surface area (Å²) in [6.07, 6.45) is 0. The van der Waals surface area contributed by atoms with Crippen LogP contribution in [0.1, 0.15) is 0 Å². The van der Waals surface area contributed by atoms with Gasteiger partial charge >= 0.3 is 0 Å². The fraction of sp³-hybridized carbons (Fsp3) is 0. The highest BCUT2D eigenvalue weighted by molar-refractivity contribution is 5.35. The number of hydrogen-bond donors (Lipinski definition) is 3. The van der Waals surface area contributed by atoms with E-state index >= 15 is 0 Å². The standard InChI is InChI=1S/C6H7N.C6H6O2.C6H6/c7-6-4-2-1-3-5-6;7-5-1-2-6(8)4-3-5;1-2-4-6-5-3-1/h1-5H,7H2;1-4,7-8H;1-6H. The largest absolute Gasteiger partial charge is 0.508 e. The topological polar surface area (TPSA) is 66.5 Å². The lowest BCUT2D eigenvalue weighted by Crippen LogP contribution is -1.79. The lowest BCUT2D eigenvalue weighted by atomic mass is 10.3. The van der Waals surface area contributed by atoms with Gasteiger partial charge in [-0.15, -0.1) is 0 Å². The third-order valence-corrected chi connectivity index (χ3v) is 2.32. The van der Waals surface area contributed by atoms with Gasteiger partial charge in [0.05, 0.1) is 0 Å². The fourth-order valence-electron chi connectivity index (χ4n) is 1.29. The number of benzene rings is 3. The molecule has 0 unspecified atom stereocenters. The first-order chi connectivity index (χ1) is 10.2. The summed E-state index contributed by atoms with van der Waals surface area (Å²) in [5.41, 5.74) is 6.18. The van der Waals surface area contributed by atoms with Gasteiger partial charge < -0.3 is 15.9 Å². The summed E-state index contributed by atoms with van der Waals surface area (Å²) in [6, 6.07) is 27.2. The molecule has 0 spiro atoms. The molecule has 0 fully saturated rings. The van der Waals surface area contributed by atoms with Crippen molar-refractivity contribution in [3.05, 3.63) is 91.0 Å². The second-order valence-electron chi connectivity index (χ2n) is 4.08. The summed E-state index contributed by atoms with van der Waals surface area (Å²) in [7, 11) is 0. The summed E-state index contributed by atoms with van der Waals surface area (Å²) in [5, 5.41) is 17.3. The minimum Gasteiger partial charge on any atom is -0.508 e. The SMILES string of the molecule is Nc1ccccc1.Oc1ccc(O)cc1.c1ccccc1. The number of hydrogen-bond acceptors (Lipinski definition) is 3. The van der Waals surface area contributed by atoms with Crippen molar-refractivity contribution in [1.82, 2.24) is 0 Å². The Balaban J connectivity index is 0.000000159. The quantitative estimate of drug-likeness (QED) is 0.430. The molecular formula is C18H19NO2. The maximum atomic E-state index is 8.65. The van der Waals surface area contributed by atoms with Crippen molar-refractivity contribution in [2.45, 2.75) is 0 Å². The molecule has 0 aliphatic heterocycles. The molecule has 0 radical (unpaired) electrons. The summed E-state index contributed by atoms with van der Waals surface area (Å²) in [6.45, 7) is 0. The molecule has 3 heteroatoms. The molecule has 4 N–H and O–H groups in total. The van der Waals surface area contributed by atoms with Gasteiger partial charge in [-0.1, -0.05) is 54.6 Å². The van der Waals surface area contributed by atoms with Crippen LogP contribution in [0, 0.1) is 0 Å². The van der Waals surface area contributed by atoms with Crippen LogP contribution in [0.15, 0.2) is 91.0 Å². The molecule has 3 aromatic rings. The minimum atomic E-state index is 0.169. The molecule has 3 nitrogen and oxygen atoms in total. The molecular weight excluding hydrogens is 262 g/mol. The molecule has 0 saturated heterocycles. The van der Waals surface area contributed by atoms with Crippen LogP contribution in [0.2, 0.25) is 0 Å². The van der Waals surface area contributed by atoms with Crippen LogP contribution >= 0.6 is 0 Å². The Morgan fingerprint density at radius 1 is 0.476 bits per heavy atom. The number of phenols is 2. The molecule has 0 aliphatic rings. The maximum Gasteiger partial charge on any atom is 0.115 e. The zero-order valence-electron chi connectivity index (χ0n) is 11.6. The van der Waals surface area contributed by atoms with E-state index in [2.05, 4.69) is 0 Å². The molecule has 0 bridgehead atoms. The first kappa shape index (κ1) is 16.1. The highest BCUT2D eigenvalue weighted by atomic mass is 16.3. The molecule has 0 saturated carbocycles. The first-order valence-corrected chi connectivity index (χ1v) is 6.47. The molecule has 3 aromatic carbocycles. The first-order valence-electron chi connectivity index (χ1n) is 6.47. The van der Waals surface area contributed by atoms with Gasteiger partial charge in [0.1, 0.15) is 11.5 Å². The van der Waals surface area contributed by atoms with Gasteiger partial charge in [-0.05, 0) is 36.4 Å². The molecule has 108 valence electrons. The van der Waals surface area contributed by atoms with Crippen molar-refractivity contribution < 1.29 is 10.2 Å². The van der Waals surface area contributed by atoms with Crippen LogP contribution in [0.4, 0.5) is 5.69 Å². The van der Waals surface area contributed by atoms with E-state index in [9.17, 15) is 0 Å². The predicted octanol–water partition coefficient (Wildman–Crippen LogP) is 4.05. The number of aromatic hydroxyl groups is 2. The molecule has 0 aliphatic carbocycles. The number of anilines is 1. The fourth-order valence-corrected chi connectivity index (χ4v) is 1.29. The number of nitrogens with two attached hydrogens (primary N) is 1. The highest BCUT2D eigenvalue weighted by Gasteiger charge is 1.84. The van der Waals surface area contributed by atoms with E-state index in [4.69, 9.17) is 15.9 Å². The van der Waals surface area contributed by atoms with Crippen molar-refractivity contribution in [3.63, 3.8) is 0 Å². The average molecular weight is 281 g/mol. The Bertz CT molecular complexity index is 533. The monoisotopic (exact) mass is 281 g/mol. The van der Waals surface area contributed by atoms with Crippen molar-refractivity contribution in [3.8, 4) is 11.5 Å². The van der Waals surface area contributed by atoms with E-state index in [1.165, 1.54) is 24.3 Å². The zero-order chi connectivity index (χ0) is 15.3. The van der Waals surface area contributed by atoms with E-state index in [0.29, 0.717) is 0 Å². The van der Waals surface area contributed by atoms with Crippen LogP contribution in [0.25, 0.3) is 0 Å². The van der Waals surface area contributed by atoms with Crippen LogP contribution in [-0.2, 0) is 0 Å². The Morgan fingerprint density at radius 3 is 1.00 bits per heavy atom. The van der Waals surface area contributed by atoms with Crippen LogP contribution in [0.5, 0.6) is 11.5 Å². The Labute approximate surface area is 124 Å². The van der Waals surface area contributed by atoms with Gasteiger partial charge in [-0.25, -0.2) is 0 Å². The Morgan fingerprint density at radius 2 is 0.762 bits per heavy atom. The molecule has 0 heterocycles. The van der Waals surface area contributed by atoms with E-state index in [0.717, 1.165) is 5.69 Å². The van der Waals surface area contributed by atoms with Crippen molar-refractivity contribution in [1.29, 1.82) is 0 Å². The maximum absolute atomic E-state index is 8.65. The van der Waals surface area contributed by atoms with Gasteiger partial charge in [0.15, 0.2) is 0 Å². The molecule has 3 rings (SSSR count). The summed E-state index contributed by atoms with van der Waals surface area (Å²) in [4.78, 5) is 0. The third kappa shape index (κ3) is 8.72. The number of nitrogen functional groups attached to an aromatic ring is 1. The van der Waals surface area contributed by atoms with Crippen molar-refractivity contribution in [2.24, 2.45) is 0 Å². The van der Waals surface area contributed by atoms with Crippen LogP contribution in [0.3, 0.4) is 0 Å². The van der Waals surface area contributed by atoms with Crippen LogP contribution in [-0.4, -0.2) is 10.2 Å². The smallest absolute Gasteiger partial charge is 0.115 e. The second kappa shape index (κ2) is 9.92. The summed E-state index contributed by atoms with van der Waals surface area (Å²) >= 11 is 0. The lowest BCUT2D eigenvalue weighted by molar-refractivity contribution is 0.460. The van der Waals surface area contributed by atoms with Gasteiger partial charge in [-0.2, -0.15) is 0 Å². The predicted molar refractivity (Wildman–Crippen MR) is 87.1 cm³/mol. The third-order valence-electron chi connectivity index (χ3n) is 2.32. The number of para-hydroxylation sites is 1. The molecule has 0 aromatic heterocycles. The average Bonchev–Trinajstić information content (AvgIpc) is 2.54. The van der Waals surface area contributed by atoms with Gasteiger partial charge in [-0.3, -0.25) is 0 Å². The number of phenolic OH excluding ortho intramolecular Hbond substituents is 2. The highest BCUT2D eigenvalue weighted by Crippen LogP contribution is 2.13. The van der Waals surface area contributed by atoms with Crippen molar-refractivity contribution >= 4 is 5.69 Å². The second-order valence-corrected chi connectivity index (χ2v) is 4.08. The number of rotatable bonds is 0. The van der Waals surface area contributed by atoms with Crippen molar-refractivity contribution in [2.75, 3.05) is 5.73 Å². The Hall–Kier alpha value is -2.94. The van der Waals surface area contributed by atoms with E-state index in [-0.39, 0.29) is 11.5 Å². The molecule has 0 amide bonds. The molecule has 0 atom stereocenters. The van der Waals surface area contributed by atoms with E-state index in [1.807, 2.05) is 66.7 Å². The van der Waals surface area contributed by atoms with E-state index in [1.54, 1.807) is 0 Å².